The highest BCUT2D eigenvalue weighted by molar-refractivity contribution is 7.13. The fraction of sp³-hybridized carbons (Fsp3) is 0.250. The van der Waals surface area contributed by atoms with Gasteiger partial charge in [-0.2, -0.15) is 0 Å². The Morgan fingerprint density at radius 1 is 1.16 bits per heavy atom. The van der Waals surface area contributed by atoms with Crippen molar-refractivity contribution < 1.29 is 28.6 Å². The summed E-state index contributed by atoms with van der Waals surface area (Å²) in [5, 5.41) is 4.44. The number of nitrogens with one attached hydrogen (secondary N) is 1. The normalized spacial score (nSPS) is 10.0. The van der Waals surface area contributed by atoms with Gasteiger partial charge < -0.3 is 14.2 Å². The van der Waals surface area contributed by atoms with Crippen LogP contribution in [-0.4, -0.2) is 43.7 Å². The SMILES string of the molecule is COC(=O)Cc1csc(NC(=O)COC(=O)c2ccc(OC)cc2)n1. The molecule has 1 amide bonds. The first-order valence-electron chi connectivity index (χ1n) is 7.14. The highest BCUT2D eigenvalue weighted by Gasteiger charge is 2.13. The average Bonchev–Trinajstić information content (AvgIpc) is 3.06. The second-order valence-corrected chi connectivity index (χ2v) is 5.61. The van der Waals surface area contributed by atoms with E-state index in [2.05, 4.69) is 15.0 Å². The number of carbonyl (C=O) groups excluding carboxylic acids is 3. The molecular weight excluding hydrogens is 348 g/mol. The zero-order chi connectivity index (χ0) is 18.2. The van der Waals surface area contributed by atoms with E-state index in [1.165, 1.54) is 14.2 Å². The van der Waals surface area contributed by atoms with Gasteiger partial charge >= 0.3 is 11.9 Å². The molecule has 9 heteroatoms. The van der Waals surface area contributed by atoms with Crippen LogP contribution in [0.1, 0.15) is 16.1 Å². The Bertz CT molecular complexity index is 756. The summed E-state index contributed by atoms with van der Waals surface area (Å²) in [5.74, 6) is -0.957. The first-order valence-corrected chi connectivity index (χ1v) is 8.02. The molecule has 0 atom stereocenters. The van der Waals surface area contributed by atoms with Gasteiger partial charge in [-0.15, -0.1) is 11.3 Å². The monoisotopic (exact) mass is 364 g/mol. The number of rotatable bonds is 7. The second-order valence-electron chi connectivity index (χ2n) is 4.75. The Morgan fingerprint density at radius 3 is 2.52 bits per heavy atom. The van der Waals surface area contributed by atoms with Crippen molar-refractivity contribution in [3.63, 3.8) is 0 Å². The third-order valence-corrected chi connectivity index (χ3v) is 3.82. The smallest absolute Gasteiger partial charge is 0.338 e. The van der Waals surface area contributed by atoms with E-state index in [9.17, 15) is 14.4 Å². The van der Waals surface area contributed by atoms with Crippen LogP contribution in [0.25, 0.3) is 0 Å². The molecule has 1 aromatic carbocycles. The number of methoxy groups -OCH3 is 2. The molecule has 25 heavy (non-hydrogen) atoms. The molecule has 0 radical (unpaired) electrons. The standard InChI is InChI=1S/C16H16N2O6S/c1-22-12-5-3-10(4-6-12)15(21)24-8-13(19)18-16-17-11(9-25-16)7-14(20)23-2/h3-6,9H,7-8H2,1-2H3,(H,17,18,19). The Balaban J connectivity index is 1.81. The number of benzene rings is 1. The van der Waals surface area contributed by atoms with Gasteiger partial charge in [0.05, 0.1) is 31.9 Å². The maximum atomic E-state index is 11.9. The number of hydrogen-bond acceptors (Lipinski definition) is 8. The number of carbonyl (C=O) groups is 3. The van der Waals surface area contributed by atoms with Gasteiger partial charge in [-0.05, 0) is 24.3 Å². The van der Waals surface area contributed by atoms with Crippen molar-refractivity contribution >= 4 is 34.3 Å². The fourth-order valence-corrected chi connectivity index (χ4v) is 2.49. The molecule has 0 aliphatic rings. The quantitative estimate of drug-likeness (QED) is 0.745. The fourth-order valence-electron chi connectivity index (χ4n) is 1.76. The first-order chi connectivity index (χ1) is 12.0. The highest BCUT2D eigenvalue weighted by atomic mass is 32.1. The summed E-state index contributed by atoms with van der Waals surface area (Å²) in [5.41, 5.74) is 0.797. The van der Waals surface area contributed by atoms with Gasteiger partial charge in [0.2, 0.25) is 0 Å². The number of amides is 1. The van der Waals surface area contributed by atoms with E-state index in [0.29, 0.717) is 22.1 Å². The summed E-state index contributed by atoms with van der Waals surface area (Å²) in [4.78, 5) is 38.9. The van der Waals surface area contributed by atoms with Crippen LogP contribution in [0.5, 0.6) is 5.75 Å². The largest absolute Gasteiger partial charge is 0.497 e. The number of hydrogen-bond donors (Lipinski definition) is 1. The Labute approximate surface area is 147 Å². The van der Waals surface area contributed by atoms with Crippen LogP contribution in [0.15, 0.2) is 29.6 Å². The summed E-state index contributed by atoms with van der Waals surface area (Å²) in [7, 11) is 2.81. The molecule has 1 aromatic heterocycles. The maximum absolute atomic E-state index is 11.9. The minimum absolute atomic E-state index is 0.0231. The number of aromatic nitrogens is 1. The number of thiazole rings is 1. The van der Waals surface area contributed by atoms with E-state index in [4.69, 9.17) is 9.47 Å². The molecule has 1 heterocycles. The molecule has 132 valence electrons. The molecule has 2 rings (SSSR count). The van der Waals surface area contributed by atoms with Crippen molar-refractivity contribution in [2.45, 2.75) is 6.42 Å². The zero-order valence-corrected chi connectivity index (χ0v) is 14.4. The van der Waals surface area contributed by atoms with Crippen molar-refractivity contribution in [1.82, 2.24) is 4.98 Å². The molecular formula is C16H16N2O6S. The predicted octanol–water partition coefficient (Wildman–Crippen LogP) is 1.66. The molecule has 0 spiro atoms. The van der Waals surface area contributed by atoms with Gasteiger partial charge in [0.15, 0.2) is 11.7 Å². The minimum Gasteiger partial charge on any atom is -0.497 e. The van der Waals surface area contributed by atoms with E-state index in [1.807, 2.05) is 0 Å². The summed E-state index contributed by atoms with van der Waals surface area (Å²) >= 11 is 1.16. The van der Waals surface area contributed by atoms with Crippen LogP contribution in [0, 0.1) is 0 Å². The van der Waals surface area contributed by atoms with E-state index in [1.54, 1.807) is 29.6 Å². The van der Waals surface area contributed by atoms with Crippen LogP contribution in [-0.2, 0) is 25.5 Å². The summed E-state index contributed by atoms with van der Waals surface area (Å²) in [6, 6.07) is 6.32. The van der Waals surface area contributed by atoms with E-state index >= 15 is 0 Å². The molecule has 2 aromatic rings. The zero-order valence-electron chi connectivity index (χ0n) is 13.6. The summed E-state index contributed by atoms with van der Waals surface area (Å²) in [6.07, 6.45) is 0.0231. The molecule has 8 nitrogen and oxygen atoms in total. The Hall–Kier alpha value is -2.94. The molecule has 0 fully saturated rings. The van der Waals surface area contributed by atoms with Gasteiger partial charge in [-0.1, -0.05) is 0 Å². The molecule has 0 bridgehead atoms. The topological polar surface area (TPSA) is 104 Å². The summed E-state index contributed by atoms with van der Waals surface area (Å²) < 4.78 is 14.5. The Morgan fingerprint density at radius 2 is 1.88 bits per heavy atom. The summed E-state index contributed by atoms with van der Waals surface area (Å²) in [6.45, 7) is -0.448. The molecule has 0 unspecified atom stereocenters. The lowest BCUT2D eigenvalue weighted by Gasteiger charge is -2.05. The van der Waals surface area contributed by atoms with Crippen LogP contribution in [0.2, 0.25) is 0 Å². The lowest BCUT2D eigenvalue weighted by molar-refractivity contribution is -0.139. The van der Waals surface area contributed by atoms with Crippen molar-refractivity contribution in [2.24, 2.45) is 0 Å². The lowest BCUT2D eigenvalue weighted by Crippen LogP contribution is -2.20. The molecule has 0 saturated heterocycles. The van der Waals surface area contributed by atoms with Gasteiger partial charge in [0, 0.05) is 5.38 Å². The van der Waals surface area contributed by atoms with E-state index in [-0.39, 0.29) is 6.42 Å². The predicted molar refractivity (Wildman–Crippen MR) is 89.7 cm³/mol. The maximum Gasteiger partial charge on any atom is 0.338 e. The molecule has 1 N–H and O–H groups in total. The third kappa shape index (κ3) is 5.57. The van der Waals surface area contributed by atoms with Gasteiger partial charge in [-0.25, -0.2) is 9.78 Å². The third-order valence-electron chi connectivity index (χ3n) is 3.01. The van der Waals surface area contributed by atoms with Crippen molar-refractivity contribution in [3.05, 3.63) is 40.9 Å². The Kier molecular flexibility index (Phi) is 6.47. The molecule has 0 aliphatic carbocycles. The van der Waals surface area contributed by atoms with Gasteiger partial charge in [0.25, 0.3) is 5.91 Å². The van der Waals surface area contributed by atoms with Crippen molar-refractivity contribution in [3.8, 4) is 5.75 Å². The van der Waals surface area contributed by atoms with Gasteiger partial charge in [-0.3, -0.25) is 14.9 Å². The van der Waals surface area contributed by atoms with Crippen LogP contribution >= 0.6 is 11.3 Å². The molecule has 0 aliphatic heterocycles. The van der Waals surface area contributed by atoms with Crippen LogP contribution in [0.4, 0.5) is 5.13 Å². The number of nitrogens with zero attached hydrogens (tertiary/aromatic N) is 1. The van der Waals surface area contributed by atoms with Crippen molar-refractivity contribution in [2.75, 3.05) is 26.1 Å². The minimum atomic E-state index is -0.622. The lowest BCUT2D eigenvalue weighted by atomic mass is 10.2. The van der Waals surface area contributed by atoms with Crippen molar-refractivity contribution in [1.29, 1.82) is 0 Å². The highest BCUT2D eigenvalue weighted by Crippen LogP contribution is 2.16. The number of ether oxygens (including phenoxy) is 3. The number of esters is 2. The average molecular weight is 364 g/mol. The number of anilines is 1. The molecule has 0 saturated carbocycles. The van der Waals surface area contributed by atoms with E-state index < -0.39 is 24.5 Å². The van der Waals surface area contributed by atoms with Crippen LogP contribution < -0.4 is 10.1 Å². The first kappa shape index (κ1) is 18.4. The van der Waals surface area contributed by atoms with Gasteiger partial charge in [0.1, 0.15) is 5.75 Å². The van der Waals surface area contributed by atoms with E-state index in [0.717, 1.165) is 11.3 Å². The van der Waals surface area contributed by atoms with Crippen LogP contribution in [0.3, 0.4) is 0 Å². The second kappa shape index (κ2) is 8.78.